The average Bonchev–Trinajstić information content (AvgIpc) is 2.84. The lowest BCUT2D eigenvalue weighted by Gasteiger charge is -2.35. The van der Waals surface area contributed by atoms with E-state index in [1.165, 1.54) is 23.3 Å². The van der Waals surface area contributed by atoms with Gasteiger partial charge < -0.3 is 14.2 Å². The molecule has 5 rings (SSSR count). The Morgan fingerprint density at radius 3 is 2.56 bits per heavy atom. The van der Waals surface area contributed by atoms with Crippen molar-refractivity contribution in [3.8, 4) is 0 Å². The average molecular weight is 454 g/mol. The number of carbonyl (C=O) groups is 1. The topological polar surface area (TPSA) is 66.7 Å². The van der Waals surface area contributed by atoms with E-state index in [-0.39, 0.29) is 11.3 Å². The molecule has 0 radical (unpaired) electrons. The van der Waals surface area contributed by atoms with Gasteiger partial charge in [0.2, 0.25) is 5.91 Å². The van der Waals surface area contributed by atoms with E-state index in [1.807, 2.05) is 19.1 Å². The van der Waals surface area contributed by atoms with E-state index >= 15 is 0 Å². The summed E-state index contributed by atoms with van der Waals surface area (Å²) in [7, 11) is 0. The maximum Gasteiger partial charge on any atom is 0.246 e. The maximum absolute atomic E-state index is 12.8. The second-order valence-corrected chi connectivity index (χ2v) is 8.93. The van der Waals surface area contributed by atoms with Gasteiger partial charge in [-0.05, 0) is 56.2 Å². The number of para-hydroxylation sites is 1. The number of carbonyl (C=O) groups excluding carboxylic acids is 1. The summed E-state index contributed by atoms with van der Waals surface area (Å²) in [6, 6.07) is 13.9. The van der Waals surface area contributed by atoms with Gasteiger partial charge in [0, 0.05) is 37.6 Å². The molecule has 0 saturated carbocycles. The molecule has 0 aliphatic carbocycles. The molecular weight excluding hydrogens is 426 g/mol. The van der Waals surface area contributed by atoms with Crippen LogP contribution in [0.3, 0.4) is 0 Å². The first-order chi connectivity index (χ1) is 16.4. The smallest absolute Gasteiger partial charge is 0.246 e. The third-order valence-electron chi connectivity index (χ3n) is 6.51. The van der Waals surface area contributed by atoms with Crippen LogP contribution < -0.4 is 10.3 Å². The van der Waals surface area contributed by atoms with Crippen LogP contribution in [0.4, 0.5) is 5.82 Å². The van der Waals surface area contributed by atoms with Crippen LogP contribution in [0.25, 0.3) is 27.9 Å². The standard InChI is InChI=1S/C28H27N3O3/c1-18-7-9-24-23(15-18)28(33)21(17-34-24)8-10-26(32)31-13-11-30(12-14-31)25-16-20(3)22-6-4-5-19(2)27(22)29-25/h4-10,15-17H,11-14H2,1-3H3/b10-8+. The van der Waals surface area contributed by atoms with Crippen molar-refractivity contribution in [2.45, 2.75) is 20.8 Å². The lowest BCUT2D eigenvalue weighted by atomic mass is 10.1. The van der Waals surface area contributed by atoms with Gasteiger partial charge in [-0.1, -0.05) is 29.8 Å². The number of rotatable bonds is 3. The van der Waals surface area contributed by atoms with Crippen molar-refractivity contribution in [1.29, 1.82) is 0 Å². The second kappa shape index (κ2) is 8.78. The first-order valence-corrected chi connectivity index (χ1v) is 11.5. The minimum absolute atomic E-state index is 0.109. The van der Waals surface area contributed by atoms with E-state index in [4.69, 9.17) is 9.40 Å². The zero-order chi connectivity index (χ0) is 23.8. The summed E-state index contributed by atoms with van der Waals surface area (Å²) < 4.78 is 5.58. The zero-order valence-corrected chi connectivity index (χ0v) is 19.7. The predicted molar refractivity (Wildman–Crippen MR) is 136 cm³/mol. The van der Waals surface area contributed by atoms with Crippen LogP contribution in [0, 0.1) is 20.8 Å². The van der Waals surface area contributed by atoms with Crippen LogP contribution >= 0.6 is 0 Å². The second-order valence-electron chi connectivity index (χ2n) is 8.93. The highest BCUT2D eigenvalue weighted by atomic mass is 16.3. The summed E-state index contributed by atoms with van der Waals surface area (Å²) in [4.78, 5) is 34.5. The number of piperazine rings is 1. The van der Waals surface area contributed by atoms with Crippen LogP contribution in [0.15, 0.2) is 64.0 Å². The number of hydrogen-bond acceptors (Lipinski definition) is 5. The molecule has 0 N–H and O–H groups in total. The summed E-state index contributed by atoms with van der Waals surface area (Å²) in [6.45, 7) is 8.74. The van der Waals surface area contributed by atoms with Crippen molar-refractivity contribution >= 4 is 39.7 Å². The van der Waals surface area contributed by atoms with E-state index in [1.54, 1.807) is 17.0 Å². The molecule has 1 amide bonds. The van der Waals surface area contributed by atoms with Gasteiger partial charge in [-0.25, -0.2) is 4.98 Å². The lowest BCUT2D eigenvalue weighted by molar-refractivity contribution is -0.126. The molecule has 0 spiro atoms. The number of amides is 1. The Labute approximate surface area is 198 Å². The molecule has 6 nitrogen and oxygen atoms in total. The fraction of sp³-hybridized carbons (Fsp3) is 0.250. The van der Waals surface area contributed by atoms with Gasteiger partial charge in [0.05, 0.1) is 16.5 Å². The molecule has 172 valence electrons. The molecule has 6 heteroatoms. The quantitative estimate of drug-likeness (QED) is 0.423. The minimum atomic E-state index is -0.133. The van der Waals surface area contributed by atoms with Crippen LogP contribution in [0.1, 0.15) is 22.3 Å². The first kappa shape index (κ1) is 21.9. The van der Waals surface area contributed by atoms with E-state index in [0.717, 1.165) is 22.5 Å². The molecule has 0 atom stereocenters. The largest absolute Gasteiger partial charge is 0.463 e. The molecule has 1 aliphatic rings. The number of nitrogens with zero attached hydrogens (tertiary/aromatic N) is 3. The SMILES string of the molecule is Cc1ccc2occ(/C=C/C(=O)N3CCN(c4cc(C)c5cccc(C)c5n4)CC3)c(=O)c2c1. The minimum Gasteiger partial charge on any atom is -0.463 e. The number of aryl methyl sites for hydroxylation is 3. The highest BCUT2D eigenvalue weighted by Gasteiger charge is 2.21. The highest BCUT2D eigenvalue weighted by Crippen LogP contribution is 2.25. The third kappa shape index (κ3) is 4.07. The van der Waals surface area contributed by atoms with Gasteiger partial charge in [-0.3, -0.25) is 9.59 Å². The van der Waals surface area contributed by atoms with Gasteiger partial charge in [-0.15, -0.1) is 0 Å². The van der Waals surface area contributed by atoms with Gasteiger partial charge >= 0.3 is 0 Å². The van der Waals surface area contributed by atoms with E-state index in [0.29, 0.717) is 42.7 Å². The molecule has 1 fully saturated rings. The van der Waals surface area contributed by atoms with E-state index in [2.05, 4.69) is 43.0 Å². The molecule has 0 bridgehead atoms. The van der Waals surface area contributed by atoms with Gasteiger partial charge in [-0.2, -0.15) is 0 Å². The monoisotopic (exact) mass is 453 g/mol. The summed E-state index contributed by atoms with van der Waals surface area (Å²) >= 11 is 0. The van der Waals surface area contributed by atoms with E-state index in [9.17, 15) is 9.59 Å². The molecule has 3 heterocycles. The highest BCUT2D eigenvalue weighted by molar-refractivity contribution is 5.92. The lowest BCUT2D eigenvalue weighted by Crippen LogP contribution is -2.48. The first-order valence-electron chi connectivity index (χ1n) is 11.5. The molecular formula is C28H27N3O3. The Bertz CT molecular complexity index is 1490. The Balaban J connectivity index is 1.29. The molecule has 0 unspecified atom stereocenters. The van der Waals surface area contributed by atoms with Crippen LogP contribution in [0.2, 0.25) is 0 Å². The number of pyridine rings is 1. The van der Waals surface area contributed by atoms with Crippen molar-refractivity contribution in [1.82, 2.24) is 9.88 Å². The van der Waals surface area contributed by atoms with Gasteiger partial charge in [0.15, 0.2) is 5.43 Å². The number of benzene rings is 2. The number of fused-ring (bicyclic) bond motifs is 2. The van der Waals surface area contributed by atoms with Crippen molar-refractivity contribution in [2.75, 3.05) is 31.1 Å². The number of anilines is 1. The Morgan fingerprint density at radius 1 is 0.971 bits per heavy atom. The molecule has 1 saturated heterocycles. The molecule has 1 aliphatic heterocycles. The molecule has 2 aromatic carbocycles. The fourth-order valence-electron chi connectivity index (χ4n) is 4.50. The molecule has 4 aromatic rings. The van der Waals surface area contributed by atoms with Crippen molar-refractivity contribution in [3.63, 3.8) is 0 Å². The van der Waals surface area contributed by atoms with Crippen molar-refractivity contribution in [3.05, 3.63) is 87.3 Å². The summed E-state index contributed by atoms with van der Waals surface area (Å²) in [5, 5.41) is 1.70. The normalized spacial score (nSPS) is 14.4. The maximum atomic E-state index is 12.8. The van der Waals surface area contributed by atoms with Crippen molar-refractivity contribution in [2.24, 2.45) is 0 Å². The van der Waals surface area contributed by atoms with Crippen molar-refractivity contribution < 1.29 is 9.21 Å². The Hall–Kier alpha value is -3.93. The summed E-state index contributed by atoms with van der Waals surface area (Å²) in [5.41, 5.74) is 5.17. The van der Waals surface area contributed by atoms with Crippen LogP contribution in [-0.4, -0.2) is 42.0 Å². The van der Waals surface area contributed by atoms with Crippen LogP contribution in [0.5, 0.6) is 0 Å². The van der Waals surface area contributed by atoms with Gasteiger partial charge in [0.1, 0.15) is 17.7 Å². The number of hydrogen-bond donors (Lipinski definition) is 0. The Morgan fingerprint density at radius 2 is 1.76 bits per heavy atom. The summed E-state index contributed by atoms with van der Waals surface area (Å²) in [5.74, 6) is 0.841. The summed E-state index contributed by atoms with van der Waals surface area (Å²) in [6.07, 6.45) is 4.43. The van der Waals surface area contributed by atoms with Gasteiger partial charge in [0.25, 0.3) is 0 Å². The molecule has 2 aromatic heterocycles. The van der Waals surface area contributed by atoms with E-state index < -0.39 is 0 Å². The zero-order valence-electron chi connectivity index (χ0n) is 19.7. The third-order valence-corrected chi connectivity index (χ3v) is 6.51. The fourth-order valence-corrected chi connectivity index (χ4v) is 4.50. The molecule has 34 heavy (non-hydrogen) atoms. The van der Waals surface area contributed by atoms with Crippen LogP contribution in [-0.2, 0) is 4.79 Å². The predicted octanol–water partition coefficient (Wildman–Crippen LogP) is 4.63. The Kier molecular flexibility index (Phi) is 5.65. The number of aromatic nitrogens is 1.